The Hall–Kier alpha value is -2.94. The molecule has 2 aliphatic carbocycles. The van der Waals surface area contributed by atoms with Gasteiger partial charge in [-0.2, -0.15) is 0 Å². The number of hydrogen-bond acceptors (Lipinski definition) is 3. The third-order valence-electron chi connectivity index (χ3n) is 8.12. The highest BCUT2D eigenvalue weighted by atomic mass is 16.3. The number of hydrogen-bond donors (Lipinski definition) is 3. The van der Waals surface area contributed by atoms with Crippen molar-refractivity contribution in [2.45, 2.75) is 83.0 Å². The molecule has 0 heterocycles. The highest BCUT2D eigenvalue weighted by molar-refractivity contribution is 5.89. The van der Waals surface area contributed by atoms with Crippen LogP contribution in [0, 0.1) is 6.92 Å². The van der Waals surface area contributed by atoms with Gasteiger partial charge in [0.05, 0.1) is 0 Å². The molecule has 34 heavy (non-hydrogen) atoms. The largest absolute Gasteiger partial charge is 0.508 e. The van der Waals surface area contributed by atoms with Gasteiger partial charge in [-0.1, -0.05) is 62.8 Å². The van der Waals surface area contributed by atoms with Crippen molar-refractivity contribution in [3.8, 4) is 39.5 Å². The van der Waals surface area contributed by atoms with Crippen LogP contribution in [-0.4, -0.2) is 15.3 Å². The average molecular weight is 457 g/mol. The number of aryl methyl sites for hydroxylation is 1. The maximum Gasteiger partial charge on any atom is 0.126 e. The van der Waals surface area contributed by atoms with E-state index in [2.05, 4.69) is 18.2 Å². The molecule has 2 fully saturated rings. The van der Waals surface area contributed by atoms with Crippen LogP contribution >= 0.6 is 0 Å². The molecule has 0 aromatic heterocycles. The normalized spacial score (nSPS) is 17.7. The fourth-order valence-corrected chi connectivity index (χ4v) is 6.14. The summed E-state index contributed by atoms with van der Waals surface area (Å²) in [4.78, 5) is 0. The average Bonchev–Trinajstić information content (AvgIpc) is 2.87. The highest BCUT2D eigenvalue weighted by Gasteiger charge is 2.23. The highest BCUT2D eigenvalue weighted by Crippen LogP contribution is 2.46. The predicted molar refractivity (Wildman–Crippen MR) is 139 cm³/mol. The lowest BCUT2D eigenvalue weighted by molar-refractivity contribution is 0.414. The Balaban J connectivity index is 1.61. The van der Waals surface area contributed by atoms with Crippen LogP contribution in [0.1, 0.15) is 92.7 Å². The monoisotopic (exact) mass is 456 g/mol. The van der Waals surface area contributed by atoms with Crippen molar-refractivity contribution in [2.75, 3.05) is 0 Å². The van der Waals surface area contributed by atoms with Crippen molar-refractivity contribution in [1.29, 1.82) is 0 Å². The van der Waals surface area contributed by atoms with Crippen molar-refractivity contribution >= 4 is 0 Å². The van der Waals surface area contributed by atoms with Crippen LogP contribution in [0.3, 0.4) is 0 Å². The fraction of sp³-hybridized carbons (Fsp3) is 0.419. The van der Waals surface area contributed by atoms with Crippen LogP contribution in [0.5, 0.6) is 17.2 Å². The number of benzene rings is 3. The molecule has 3 nitrogen and oxygen atoms in total. The van der Waals surface area contributed by atoms with Crippen molar-refractivity contribution in [2.24, 2.45) is 0 Å². The van der Waals surface area contributed by atoms with E-state index in [9.17, 15) is 15.3 Å². The Labute approximate surface area is 203 Å². The summed E-state index contributed by atoms with van der Waals surface area (Å²) in [7, 11) is 0. The smallest absolute Gasteiger partial charge is 0.126 e. The van der Waals surface area contributed by atoms with Gasteiger partial charge in [0.25, 0.3) is 0 Å². The van der Waals surface area contributed by atoms with Crippen LogP contribution in [0.25, 0.3) is 22.3 Å². The first-order valence-electron chi connectivity index (χ1n) is 13.0. The molecule has 3 N–H and O–H groups in total. The second kappa shape index (κ2) is 9.74. The fourth-order valence-electron chi connectivity index (χ4n) is 6.14. The summed E-state index contributed by atoms with van der Waals surface area (Å²) >= 11 is 0. The summed E-state index contributed by atoms with van der Waals surface area (Å²) < 4.78 is 0. The Morgan fingerprint density at radius 3 is 1.65 bits per heavy atom. The lowest BCUT2D eigenvalue weighted by Crippen LogP contribution is -2.05. The molecule has 0 saturated heterocycles. The zero-order chi connectivity index (χ0) is 23.7. The summed E-state index contributed by atoms with van der Waals surface area (Å²) in [5, 5.41) is 32.5. The van der Waals surface area contributed by atoms with E-state index in [0.29, 0.717) is 23.3 Å². The summed E-state index contributed by atoms with van der Waals surface area (Å²) in [5.74, 6) is 1.77. The van der Waals surface area contributed by atoms with Gasteiger partial charge in [-0.15, -0.1) is 0 Å². The van der Waals surface area contributed by atoms with Gasteiger partial charge in [0.1, 0.15) is 17.2 Å². The quantitative estimate of drug-likeness (QED) is 0.368. The first-order chi connectivity index (χ1) is 16.5. The van der Waals surface area contributed by atoms with E-state index in [4.69, 9.17) is 0 Å². The molecule has 3 aromatic carbocycles. The van der Waals surface area contributed by atoms with Crippen LogP contribution in [0.4, 0.5) is 0 Å². The van der Waals surface area contributed by atoms with Crippen molar-refractivity contribution < 1.29 is 15.3 Å². The van der Waals surface area contributed by atoms with E-state index in [0.717, 1.165) is 64.6 Å². The summed E-state index contributed by atoms with van der Waals surface area (Å²) in [6, 6.07) is 15.7. The molecule has 0 unspecified atom stereocenters. The van der Waals surface area contributed by atoms with Crippen LogP contribution in [-0.2, 0) is 0 Å². The molecule has 178 valence electrons. The van der Waals surface area contributed by atoms with E-state index in [-0.39, 0.29) is 5.75 Å². The van der Waals surface area contributed by atoms with Gasteiger partial charge in [-0.25, -0.2) is 0 Å². The van der Waals surface area contributed by atoms with Gasteiger partial charge in [0, 0.05) is 5.56 Å². The third kappa shape index (κ3) is 4.41. The maximum atomic E-state index is 11.2. The minimum Gasteiger partial charge on any atom is -0.508 e. The van der Waals surface area contributed by atoms with E-state index in [1.54, 1.807) is 6.07 Å². The third-order valence-corrected chi connectivity index (χ3v) is 8.12. The predicted octanol–water partition coefficient (Wildman–Crippen LogP) is 8.54. The maximum absolute atomic E-state index is 11.2. The van der Waals surface area contributed by atoms with Crippen molar-refractivity contribution in [3.05, 3.63) is 65.2 Å². The first-order valence-corrected chi connectivity index (χ1v) is 13.0. The van der Waals surface area contributed by atoms with E-state index in [1.807, 2.05) is 31.2 Å². The number of aromatic hydroxyl groups is 3. The van der Waals surface area contributed by atoms with Gasteiger partial charge >= 0.3 is 0 Å². The SMILES string of the molecule is Cc1ccc(-c2ccc(O)c(C3CCCCC3)c2)c(-c2ccc(O)c(C3CCCCC3)c2)c1O. The molecule has 2 aliphatic rings. The Kier molecular flexibility index (Phi) is 6.54. The molecule has 5 rings (SSSR count). The standard InChI is InChI=1S/C31H36O3/c1-20-12-15-25(23-13-16-28(32)26(18-23)21-8-4-2-5-9-21)30(31(20)34)24-14-17-29(33)27(19-24)22-10-6-3-7-11-22/h12-19,21-22,32-34H,2-11H2,1H3. The molecular weight excluding hydrogens is 420 g/mol. The topological polar surface area (TPSA) is 60.7 Å². The molecule has 2 saturated carbocycles. The van der Waals surface area contributed by atoms with E-state index in [1.165, 1.54) is 38.5 Å². The second-order valence-electron chi connectivity index (χ2n) is 10.4. The lowest BCUT2D eigenvalue weighted by Gasteiger charge is -2.25. The molecule has 0 spiro atoms. The van der Waals surface area contributed by atoms with E-state index < -0.39 is 0 Å². The Morgan fingerprint density at radius 2 is 1.09 bits per heavy atom. The van der Waals surface area contributed by atoms with Crippen molar-refractivity contribution in [1.82, 2.24) is 0 Å². The van der Waals surface area contributed by atoms with E-state index >= 15 is 0 Å². The number of phenolic OH excluding ortho intramolecular Hbond substituents is 3. The molecular formula is C31H36O3. The number of phenols is 3. The summed E-state index contributed by atoms with van der Waals surface area (Å²) in [5.41, 5.74) is 6.56. The molecule has 0 atom stereocenters. The van der Waals surface area contributed by atoms with Crippen LogP contribution in [0.15, 0.2) is 48.5 Å². The summed E-state index contributed by atoms with van der Waals surface area (Å²) in [6.07, 6.45) is 11.8. The molecule has 0 bridgehead atoms. The first kappa shape index (κ1) is 22.8. The molecule has 3 heteroatoms. The van der Waals surface area contributed by atoms with Crippen molar-refractivity contribution in [3.63, 3.8) is 0 Å². The van der Waals surface area contributed by atoms with Crippen LogP contribution in [0.2, 0.25) is 0 Å². The number of rotatable bonds is 4. The molecule has 0 amide bonds. The molecule has 3 aromatic rings. The van der Waals surface area contributed by atoms with Gasteiger partial charge in [0.15, 0.2) is 0 Å². The Bertz CT molecular complexity index is 1170. The second-order valence-corrected chi connectivity index (χ2v) is 10.4. The van der Waals surface area contributed by atoms with Gasteiger partial charge in [-0.05, 0) is 102 Å². The zero-order valence-corrected chi connectivity index (χ0v) is 20.2. The summed E-state index contributed by atoms with van der Waals surface area (Å²) in [6.45, 7) is 1.93. The molecule has 0 aliphatic heterocycles. The van der Waals surface area contributed by atoms with Gasteiger partial charge in [0.2, 0.25) is 0 Å². The minimum absolute atomic E-state index is 0.282. The minimum atomic E-state index is 0.282. The van der Waals surface area contributed by atoms with Crippen LogP contribution < -0.4 is 0 Å². The zero-order valence-electron chi connectivity index (χ0n) is 20.2. The lowest BCUT2D eigenvalue weighted by atomic mass is 9.81. The molecule has 0 radical (unpaired) electrons. The van der Waals surface area contributed by atoms with Gasteiger partial charge < -0.3 is 15.3 Å². The van der Waals surface area contributed by atoms with Gasteiger partial charge in [-0.3, -0.25) is 0 Å². The Morgan fingerprint density at radius 1 is 0.588 bits per heavy atom.